The molecule has 0 bridgehead atoms. The van der Waals surface area contributed by atoms with Crippen molar-refractivity contribution in [3.8, 4) is 0 Å². The van der Waals surface area contributed by atoms with Crippen molar-refractivity contribution in [3.63, 3.8) is 0 Å². The van der Waals surface area contributed by atoms with E-state index in [1.807, 2.05) is 6.92 Å². The van der Waals surface area contributed by atoms with Crippen LogP contribution in [0.3, 0.4) is 0 Å². The highest BCUT2D eigenvalue weighted by Crippen LogP contribution is 2.33. The van der Waals surface area contributed by atoms with Crippen molar-refractivity contribution in [2.45, 2.75) is 39.7 Å². The van der Waals surface area contributed by atoms with Crippen LogP contribution < -0.4 is 10.6 Å². The Morgan fingerprint density at radius 3 is 2.63 bits per heavy atom. The number of aryl methyl sites for hydroxylation is 1. The van der Waals surface area contributed by atoms with Crippen molar-refractivity contribution in [1.29, 1.82) is 0 Å². The van der Waals surface area contributed by atoms with Gasteiger partial charge < -0.3 is 15.4 Å². The molecule has 0 spiro atoms. The summed E-state index contributed by atoms with van der Waals surface area (Å²) < 4.78 is 29.4. The SMILES string of the molecule is CCNC(=NCC1CCCOC1c1ccc(C)cc1)NCCS(=O)(=O)CC. The lowest BCUT2D eigenvalue weighted by Gasteiger charge is -2.31. The molecule has 6 nitrogen and oxygen atoms in total. The summed E-state index contributed by atoms with van der Waals surface area (Å²) in [6.07, 6.45) is 2.18. The van der Waals surface area contributed by atoms with Crippen molar-refractivity contribution in [3.05, 3.63) is 35.4 Å². The highest BCUT2D eigenvalue weighted by Gasteiger charge is 2.27. The molecule has 2 rings (SSSR count). The fourth-order valence-corrected chi connectivity index (χ4v) is 3.88. The van der Waals surface area contributed by atoms with Gasteiger partial charge in [0.15, 0.2) is 15.8 Å². The van der Waals surface area contributed by atoms with Crippen LogP contribution in [0.2, 0.25) is 0 Å². The van der Waals surface area contributed by atoms with Gasteiger partial charge in [0.25, 0.3) is 0 Å². The minimum atomic E-state index is -2.98. The first-order valence-corrected chi connectivity index (χ1v) is 11.7. The Kier molecular flexibility index (Phi) is 8.57. The number of guanidine groups is 1. The molecule has 0 saturated carbocycles. The van der Waals surface area contributed by atoms with Crippen LogP contribution >= 0.6 is 0 Å². The maximum atomic E-state index is 11.7. The van der Waals surface area contributed by atoms with Gasteiger partial charge in [0, 0.05) is 37.9 Å². The molecule has 1 aliphatic heterocycles. The molecule has 1 aliphatic rings. The molecular weight excluding hydrogens is 362 g/mol. The third-order valence-corrected chi connectivity index (χ3v) is 6.53. The molecule has 2 N–H and O–H groups in total. The predicted molar refractivity (Wildman–Crippen MR) is 111 cm³/mol. The standard InChI is InChI=1S/C20H33N3O3S/c1-4-21-20(22-12-14-27(24,25)5-2)23-15-18-7-6-13-26-19(18)17-10-8-16(3)9-11-17/h8-11,18-19H,4-7,12-15H2,1-3H3,(H2,21,22,23). The monoisotopic (exact) mass is 395 g/mol. The summed E-state index contributed by atoms with van der Waals surface area (Å²) in [5, 5.41) is 6.32. The van der Waals surface area contributed by atoms with Gasteiger partial charge in [0.1, 0.15) is 0 Å². The van der Waals surface area contributed by atoms with E-state index in [9.17, 15) is 8.42 Å². The van der Waals surface area contributed by atoms with Crippen LogP contribution in [0.25, 0.3) is 0 Å². The quantitative estimate of drug-likeness (QED) is 0.522. The van der Waals surface area contributed by atoms with E-state index in [4.69, 9.17) is 9.73 Å². The molecule has 1 fully saturated rings. The highest BCUT2D eigenvalue weighted by molar-refractivity contribution is 7.91. The average molecular weight is 396 g/mol. The largest absolute Gasteiger partial charge is 0.373 e. The molecule has 1 heterocycles. The smallest absolute Gasteiger partial charge is 0.191 e. The normalized spacial score (nSPS) is 21.1. The van der Waals surface area contributed by atoms with E-state index in [0.717, 1.165) is 26.0 Å². The molecule has 2 atom stereocenters. The van der Waals surface area contributed by atoms with Crippen LogP contribution in [0, 0.1) is 12.8 Å². The number of sulfone groups is 1. The van der Waals surface area contributed by atoms with Gasteiger partial charge in [0.05, 0.1) is 11.9 Å². The number of rotatable bonds is 8. The molecule has 7 heteroatoms. The lowest BCUT2D eigenvalue weighted by atomic mass is 9.89. The van der Waals surface area contributed by atoms with E-state index in [0.29, 0.717) is 25.0 Å². The Labute approximate surface area is 163 Å². The van der Waals surface area contributed by atoms with Gasteiger partial charge in [-0.05, 0) is 32.3 Å². The third kappa shape index (κ3) is 7.14. The number of nitrogens with one attached hydrogen (secondary N) is 2. The van der Waals surface area contributed by atoms with Gasteiger partial charge in [-0.1, -0.05) is 36.8 Å². The topological polar surface area (TPSA) is 79.8 Å². The Balaban J connectivity index is 1.99. The van der Waals surface area contributed by atoms with Crippen molar-refractivity contribution in [2.75, 3.05) is 37.7 Å². The first kappa shape index (κ1) is 21.7. The van der Waals surface area contributed by atoms with E-state index >= 15 is 0 Å². The molecule has 27 heavy (non-hydrogen) atoms. The molecular formula is C20H33N3O3S. The number of ether oxygens (including phenoxy) is 1. The second kappa shape index (κ2) is 10.7. The molecule has 0 radical (unpaired) electrons. The van der Waals surface area contributed by atoms with Crippen molar-refractivity contribution in [1.82, 2.24) is 10.6 Å². The molecule has 1 aromatic rings. The minimum absolute atomic E-state index is 0.0615. The number of nitrogens with zero attached hydrogens (tertiary/aromatic N) is 1. The molecule has 152 valence electrons. The Hall–Kier alpha value is -1.60. The minimum Gasteiger partial charge on any atom is -0.373 e. The number of aliphatic imine (C=N–C) groups is 1. The lowest BCUT2D eigenvalue weighted by Crippen LogP contribution is -2.40. The van der Waals surface area contributed by atoms with Gasteiger partial charge in [-0.2, -0.15) is 0 Å². The molecule has 0 aliphatic carbocycles. The first-order chi connectivity index (χ1) is 12.9. The average Bonchev–Trinajstić information content (AvgIpc) is 2.67. The second-order valence-electron chi connectivity index (χ2n) is 6.99. The Morgan fingerprint density at radius 2 is 1.96 bits per heavy atom. The van der Waals surface area contributed by atoms with Gasteiger partial charge >= 0.3 is 0 Å². The summed E-state index contributed by atoms with van der Waals surface area (Å²) in [4.78, 5) is 4.70. The number of hydrogen-bond donors (Lipinski definition) is 2. The molecule has 1 saturated heterocycles. The van der Waals surface area contributed by atoms with Gasteiger partial charge in [-0.25, -0.2) is 8.42 Å². The van der Waals surface area contributed by atoms with Gasteiger partial charge in [-0.3, -0.25) is 4.99 Å². The molecule has 2 unspecified atom stereocenters. The van der Waals surface area contributed by atoms with E-state index in [1.54, 1.807) is 6.92 Å². The third-order valence-electron chi connectivity index (χ3n) is 4.82. The summed E-state index contributed by atoms with van der Waals surface area (Å²) >= 11 is 0. The van der Waals surface area contributed by atoms with E-state index in [2.05, 4.69) is 41.8 Å². The van der Waals surface area contributed by atoms with Crippen molar-refractivity contribution < 1.29 is 13.2 Å². The van der Waals surface area contributed by atoms with E-state index in [-0.39, 0.29) is 17.6 Å². The second-order valence-corrected chi connectivity index (χ2v) is 9.46. The fraction of sp³-hybridized carbons (Fsp3) is 0.650. The summed E-state index contributed by atoms with van der Waals surface area (Å²) in [7, 11) is -2.98. The summed E-state index contributed by atoms with van der Waals surface area (Å²) in [6.45, 7) is 8.28. The lowest BCUT2D eigenvalue weighted by molar-refractivity contribution is -0.0250. The maximum absolute atomic E-state index is 11.7. The van der Waals surface area contributed by atoms with Crippen molar-refractivity contribution in [2.24, 2.45) is 10.9 Å². The molecule has 1 aromatic carbocycles. The van der Waals surface area contributed by atoms with Crippen LogP contribution in [0.4, 0.5) is 0 Å². The van der Waals surface area contributed by atoms with Crippen LogP contribution in [-0.2, 0) is 14.6 Å². The van der Waals surface area contributed by atoms with Gasteiger partial charge in [-0.15, -0.1) is 0 Å². The Bertz CT molecular complexity index is 702. The van der Waals surface area contributed by atoms with Crippen molar-refractivity contribution >= 4 is 15.8 Å². The zero-order chi connectivity index (χ0) is 19.7. The fourth-order valence-electron chi connectivity index (χ4n) is 3.17. The predicted octanol–water partition coefficient (Wildman–Crippen LogP) is 2.45. The molecule has 0 amide bonds. The Morgan fingerprint density at radius 1 is 1.22 bits per heavy atom. The summed E-state index contributed by atoms with van der Waals surface area (Å²) in [5.41, 5.74) is 2.44. The molecule has 0 aromatic heterocycles. The van der Waals surface area contributed by atoms with Gasteiger partial charge in [0.2, 0.25) is 0 Å². The van der Waals surface area contributed by atoms with Crippen LogP contribution in [-0.4, -0.2) is 52.1 Å². The highest BCUT2D eigenvalue weighted by atomic mass is 32.2. The number of benzene rings is 1. The van der Waals surface area contributed by atoms with Crippen LogP contribution in [0.15, 0.2) is 29.3 Å². The zero-order valence-electron chi connectivity index (χ0n) is 16.7. The number of hydrogen-bond acceptors (Lipinski definition) is 4. The van der Waals surface area contributed by atoms with Crippen LogP contribution in [0.5, 0.6) is 0 Å². The van der Waals surface area contributed by atoms with E-state index in [1.165, 1.54) is 11.1 Å². The summed E-state index contributed by atoms with van der Waals surface area (Å²) in [5.74, 6) is 1.26. The zero-order valence-corrected chi connectivity index (χ0v) is 17.5. The van der Waals surface area contributed by atoms with E-state index < -0.39 is 9.84 Å². The maximum Gasteiger partial charge on any atom is 0.191 e. The van der Waals surface area contributed by atoms with Crippen LogP contribution in [0.1, 0.15) is 43.9 Å². The summed E-state index contributed by atoms with van der Waals surface area (Å²) in [6, 6.07) is 8.52. The first-order valence-electron chi connectivity index (χ1n) is 9.86.